The standard InChI is InChI=1S/C25H29FN4O3S/c1-5-30-16(4)21(23(31)33-14-15(2)3)22(29-25(30)34)17-9-11-19(12-10-17)27-24(32)28-20-8-6-7-18(26)13-20/h6-13,15,22H,5,14H2,1-4H3,(H,29,34)(H2,27,28,32). The molecule has 1 aliphatic rings. The zero-order valence-electron chi connectivity index (χ0n) is 19.6. The second-order valence-corrected chi connectivity index (χ2v) is 8.72. The molecule has 7 nitrogen and oxygen atoms in total. The smallest absolute Gasteiger partial charge is 0.338 e. The number of esters is 1. The third kappa shape index (κ3) is 6.11. The summed E-state index contributed by atoms with van der Waals surface area (Å²) in [7, 11) is 0. The van der Waals surface area contributed by atoms with Gasteiger partial charge in [-0.25, -0.2) is 14.0 Å². The highest BCUT2D eigenvalue weighted by Gasteiger charge is 2.34. The van der Waals surface area contributed by atoms with Crippen molar-refractivity contribution in [2.75, 3.05) is 23.8 Å². The Morgan fingerprint density at radius 3 is 2.44 bits per heavy atom. The lowest BCUT2D eigenvalue weighted by Gasteiger charge is -2.37. The van der Waals surface area contributed by atoms with Gasteiger partial charge in [0.1, 0.15) is 5.82 Å². The summed E-state index contributed by atoms with van der Waals surface area (Å²) >= 11 is 5.52. The summed E-state index contributed by atoms with van der Waals surface area (Å²) in [5.41, 5.74) is 2.93. The van der Waals surface area contributed by atoms with E-state index in [9.17, 15) is 14.0 Å². The van der Waals surface area contributed by atoms with E-state index in [0.29, 0.717) is 35.2 Å². The van der Waals surface area contributed by atoms with Crippen molar-refractivity contribution in [1.29, 1.82) is 0 Å². The van der Waals surface area contributed by atoms with Crippen LogP contribution < -0.4 is 16.0 Å². The number of allylic oxidation sites excluding steroid dienone is 1. The monoisotopic (exact) mass is 484 g/mol. The van der Waals surface area contributed by atoms with Crippen molar-refractivity contribution < 1.29 is 18.7 Å². The van der Waals surface area contributed by atoms with Crippen LogP contribution in [0.25, 0.3) is 0 Å². The fraction of sp³-hybridized carbons (Fsp3) is 0.320. The molecular formula is C25H29FN4O3S. The Kier molecular flexibility index (Phi) is 8.22. The van der Waals surface area contributed by atoms with Crippen molar-refractivity contribution in [2.45, 2.75) is 33.7 Å². The third-order valence-corrected chi connectivity index (χ3v) is 5.60. The van der Waals surface area contributed by atoms with Crippen LogP contribution in [0.1, 0.15) is 39.3 Å². The number of hydrogen-bond acceptors (Lipinski definition) is 4. The first-order valence-electron chi connectivity index (χ1n) is 11.1. The van der Waals surface area contributed by atoms with E-state index in [1.54, 1.807) is 18.2 Å². The summed E-state index contributed by atoms with van der Waals surface area (Å²) in [5.74, 6) is -0.610. The van der Waals surface area contributed by atoms with Gasteiger partial charge in [0.2, 0.25) is 0 Å². The summed E-state index contributed by atoms with van der Waals surface area (Å²) in [6, 6.07) is 11.7. The van der Waals surface area contributed by atoms with Crippen molar-refractivity contribution in [1.82, 2.24) is 10.2 Å². The fourth-order valence-corrected chi connectivity index (χ4v) is 4.00. The number of halogens is 1. The molecule has 1 aliphatic heterocycles. The Hall–Kier alpha value is -3.46. The van der Waals surface area contributed by atoms with Crippen LogP contribution in [0.2, 0.25) is 0 Å². The number of benzene rings is 2. The number of urea groups is 1. The maximum absolute atomic E-state index is 13.3. The molecule has 3 N–H and O–H groups in total. The molecule has 34 heavy (non-hydrogen) atoms. The molecule has 3 rings (SSSR count). The molecule has 0 aromatic heterocycles. The summed E-state index contributed by atoms with van der Waals surface area (Å²) in [5, 5.41) is 9.07. The minimum atomic E-state index is -0.498. The Morgan fingerprint density at radius 2 is 1.82 bits per heavy atom. The first kappa shape index (κ1) is 25.2. The topological polar surface area (TPSA) is 82.7 Å². The van der Waals surface area contributed by atoms with Gasteiger partial charge in [0, 0.05) is 23.6 Å². The summed E-state index contributed by atoms with van der Waals surface area (Å²) in [6.45, 7) is 8.73. The Morgan fingerprint density at radius 1 is 1.15 bits per heavy atom. The maximum atomic E-state index is 13.3. The molecule has 2 aromatic carbocycles. The van der Waals surface area contributed by atoms with Gasteiger partial charge in [-0.05, 0) is 67.9 Å². The van der Waals surface area contributed by atoms with Gasteiger partial charge in [-0.15, -0.1) is 0 Å². The molecule has 0 saturated carbocycles. The number of carbonyl (C=O) groups excluding carboxylic acids is 2. The number of anilines is 2. The molecule has 0 radical (unpaired) electrons. The number of amides is 2. The zero-order chi connectivity index (χ0) is 24.8. The molecule has 1 atom stereocenters. The van der Waals surface area contributed by atoms with Crippen LogP contribution in [0, 0.1) is 11.7 Å². The number of ether oxygens (including phenoxy) is 1. The highest BCUT2D eigenvalue weighted by Crippen LogP contribution is 2.32. The van der Waals surface area contributed by atoms with E-state index in [0.717, 1.165) is 11.3 Å². The second kappa shape index (κ2) is 11.1. The van der Waals surface area contributed by atoms with E-state index in [4.69, 9.17) is 17.0 Å². The van der Waals surface area contributed by atoms with E-state index in [-0.39, 0.29) is 11.9 Å². The number of carbonyl (C=O) groups is 2. The highest BCUT2D eigenvalue weighted by molar-refractivity contribution is 7.80. The molecule has 9 heteroatoms. The minimum absolute atomic E-state index is 0.215. The molecule has 0 bridgehead atoms. The van der Waals surface area contributed by atoms with Gasteiger partial charge in [-0.1, -0.05) is 32.0 Å². The largest absolute Gasteiger partial charge is 0.462 e. The third-order valence-electron chi connectivity index (χ3n) is 5.26. The highest BCUT2D eigenvalue weighted by atomic mass is 32.1. The van der Waals surface area contributed by atoms with E-state index in [2.05, 4.69) is 16.0 Å². The molecular weight excluding hydrogens is 455 g/mol. The Bertz CT molecular complexity index is 1100. The first-order chi connectivity index (χ1) is 16.2. The van der Waals surface area contributed by atoms with Crippen LogP contribution in [0.4, 0.5) is 20.6 Å². The lowest BCUT2D eigenvalue weighted by Crippen LogP contribution is -2.47. The van der Waals surface area contributed by atoms with E-state index >= 15 is 0 Å². The number of nitrogens with one attached hydrogen (secondary N) is 3. The van der Waals surface area contributed by atoms with Crippen molar-refractivity contribution in [3.63, 3.8) is 0 Å². The van der Waals surface area contributed by atoms with E-state index in [1.807, 2.05) is 44.7 Å². The average Bonchev–Trinajstić information content (AvgIpc) is 2.78. The van der Waals surface area contributed by atoms with E-state index < -0.39 is 17.9 Å². The molecule has 180 valence electrons. The molecule has 0 fully saturated rings. The molecule has 0 saturated heterocycles. The maximum Gasteiger partial charge on any atom is 0.338 e. The van der Waals surface area contributed by atoms with E-state index in [1.165, 1.54) is 18.2 Å². The lowest BCUT2D eigenvalue weighted by molar-refractivity contribution is -0.140. The second-order valence-electron chi connectivity index (χ2n) is 8.33. The van der Waals surface area contributed by atoms with Crippen molar-refractivity contribution >= 4 is 40.7 Å². The SMILES string of the molecule is CCN1C(=S)NC(c2ccc(NC(=O)Nc3cccc(F)c3)cc2)C(C(=O)OCC(C)C)=C1C. The van der Waals surface area contributed by atoms with Crippen molar-refractivity contribution in [3.05, 3.63) is 71.2 Å². The minimum Gasteiger partial charge on any atom is -0.462 e. The zero-order valence-corrected chi connectivity index (χ0v) is 20.5. The van der Waals surface area contributed by atoms with Crippen LogP contribution in [0.5, 0.6) is 0 Å². The number of nitrogens with zero attached hydrogens (tertiary/aromatic N) is 1. The normalized spacial score (nSPS) is 15.8. The number of hydrogen-bond donors (Lipinski definition) is 3. The molecule has 0 spiro atoms. The van der Waals surface area contributed by atoms with Crippen molar-refractivity contribution in [3.8, 4) is 0 Å². The van der Waals surface area contributed by atoms with Crippen LogP contribution >= 0.6 is 12.2 Å². The van der Waals surface area contributed by atoms with Gasteiger partial charge in [0.05, 0.1) is 18.2 Å². The summed E-state index contributed by atoms with van der Waals surface area (Å²) < 4.78 is 18.9. The predicted octanol–water partition coefficient (Wildman–Crippen LogP) is 5.19. The van der Waals surface area contributed by atoms with Gasteiger partial charge >= 0.3 is 12.0 Å². The Balaban J connectivity index is 1.78. The van der Waals surface area contributed by atoms with Gasteiger partial charge in [-0.2, -0.15) is 0 Å². The van der Waals surface area contributed by atoms with Gasteiger partial charge in [0.25, 0.3) is 0 Å². The van der Waals surface area contributed by atoms with Gasteiger partial charge in [-0.3, -0.25) is 0 Å². The van der Waals surface area contributed by atoms with Crippen LogP contribution in [0.15, 0.2) is 59.8 Å². The van der Waals surface area contributed by atoms with Gasteiger partial charge < -0.3 is 25.6 Å². The van der Waals surface area contributed by atoms with Gasteiger partial charge in [0.15, 0.2) is 5.11 Å². The van der Waals surface area contributed by atoms with Crippen LogP contribution in [-0.2, 0) is 9.53 Å². The number of thiocarbonyl (C=S) groups is 1. The number of rotatable bonds is 7. The summed E-state index contributed by atoms with van der Waals surface area (Å²) in [4.78, 5) is 27.1. The lowest BCUT2D eigenvalue weighted by atomic mass is 9.95. The van der Waals surface area contributed by atoms with Crippen molar-refractivity contribution in [2.24, 2.45) is 5.92 Å². The molecule has 2 amide bonds. The Labute approximate surface area is 204 Å². The average molecular weight is 485 g/mol. The molecule has 0 aliphatic carbocycles. The molecule has 1 heterocycles. The summed E-state index contributed by atoms with van der Waals surface area (Å²) in [6.07, 6.45) is 0. The molecule has 2 aromatic rings. The van der Waals surface area contributed by atoms with Crippen LogP contribution in [0.3, 0.4) is 0 Å². The quantitative estimate of drug-likeness (QED) is 0.370. The molecule has 1 unspecified atom stereocenters. The van der Waals surface area contributed by atoms with Crippen LogP contribution in [-0.4, -0.2) is 35.2 Å². The fourth-order valence-electron chi connectivity index (χ4n) is 3.62. The predicted molar refractivity (Wildman–Crippen MR) is 135 cm³/mol. The first-order valence-corrected chi connectivity index (χ1v) is 11.5.